The number of quaternary nitrogens is 1. The van der Waals surface area contributed by atoms with Gasteiger partial charge in [-0.1, -0.05) is 11.2 Å². The van der Waals surface area contributed by atoms with Crippen LogP contribution in [0.4, 0.5) is 15.9 Å². The van der Waals surface area contributed by atoms with Crippen molar-refractivity contribution in [2.45, 2.75) is 25.7 Å². The van der Waals surface area contributed by atoms with Crippen molar-refractivity contribution < 1.29 is 23.8 Å². The SMILES string of the molecule is COc1cc2c(NC3=C[N+](CC(N)=O)(c4cccc(F)c4)N=C3)ncnc2cc1OCCCN1CCC(CCO)CC1. The van der Waals surface area contributed by atoms with Gasteiger partial charge in [0.15, 0.2) is 29.9 Å². The number of fused-ring (bicyclic) bond motifs is 1. The minimum atomic E-state index is -0.582. The number of primary amides is 1. The summed E-state index contributed by atoms with van der Waals surface area (Å²) in [6.45, 7) is 3.71. The summed E-state index contributed by atoms with van der Waals surface area (Å²) in [5.74, 6) is 1.27. The summed E-state index contributed by atoms with van der Waals surface area (Å²) in [6, 6.07) is 9.56. The Morgan fingerprint density at radius 3 is 2.79 bits per heavy atom. The first kappa shape index (κ1) is 29.4. The molecular formula is C30H37FN7O4+. The van der Waals surface area contributed by atoms with Crippen LogP contribution in [0.15, 0.2) is 59.7 Å². The number of nitrogens with zero attached hydrogens (tertiary/aromatic N) is 5. The zero-order valence-corrected chi connectivity index (χ0v) is 23.7. The number of nitrogens with two attached hydrogens (primary N) is 1. The van der Waals surface area contributed by atoms with Gasteiger partial charge < -0.3 is 30.5 Å². The molecule has 2 aliphatic heterocycles. The van der Waals surface area contributed by atoms with Crippen LogP contribution in [0.5, 0.6) is 11.5 Å². The summed E-state index contributed by atoms with van der Waals surface area (Å²) in [4.78, 5) is 23.2. The van der Waals surface area contributed by atoms with Gasteiger partial charge in [-0.2, -0.15) is 0 Å². The number of piperidine rings is 1. The van der Waals surface area contributed by atoms with E-state index in [0.717, 1.165) is 45.3 Å². The number of aliphatic hydroxyl groups excluding tert-OH is 1. The molecule has 1 fully saturated rings. The van der Waals surface area contributed by atoms with Gasteiger partial charge >= 0.3 is 0 Å². The third-order valence-corrected chi connectivity index (χ3v) is 7.71. The molecule has 1 atom stereocenters. The van der Waals surface area contributed by atoms with Crippen molar-refractivity contribution in [3.8, 4) is 11.5 Å². The average Bonchev–Trinajstić information content (AvgIpc) is 3.38. The molecule has 3 aromatic rings. The van der Waals surface area contributed by atoms with Crippen molar-refractivity contribution in [2.75, 3.05) is 51.8 Å². The number of hydrogen-bond acceptors (Lipinski definition) is 9. The third-order valence-electron chi connectivity index (χ3n) is 7.71. The number of benzene rings is 2. The number of halogens is 1. The van der Waals surface area contributed by atoms with Crippen LogP contribution in [0.3, 0.4) is 0 Å². The molecule has 0 saturated carbocycles. The Bertz CT molecular complexity index is 1480. The molecule has 0 aliphatic carbocycles. The quantitative estimate of drug-likeness (QED) is 0.208. The predicted molar refractivity (Wildman–Crippen MR) is 160 cm³/mol. The van der Waals surface area contributed by atoms with E-state index in [2.05, 4.69) is 25.3 Å². The molecule has 2 aromatic carbocycles. The second kappa shape index (κ2) is 13.2. The van der Waals surface area contributed by atoms with Crippen LogP contribution in [0.1, 0.15) is 25.7 Å². The Morgan fingerprint density at radius 2 is 2.05 bits per heavy atom. The van der Waals surface area contributed by atoms with E-state index in [9.17, 15) is 9.18 Å². The highest BCUT2D eigenvalue weighted by Gasteiger charge is 2.36. The van der Waals surface area contributed by atoms with Gasteiger partial charge in [-0.05, 0) is 56.8 Å². The topological polar surface area (TPSA) is 135 Å². The number of aromatic nitrogens is 2. The van der Waals surface area contributed by atoms with Gasteiger partial charge in [0.1, 0.15) is 29.9 Å². The number of anilines is 1. The van der Waals surface area contributed by atoms with E-state index < -0.39 is 11.7 Å². The van der Waals surface area contributed by atoms with E-state index in [1.807, 2.05) is 12.1 Å². The first-order valence-electron chi connectivity index (χ1n) is 14.2. The first-order chi connectivity index (χ1) is 20.4. The average molecular weight is 579 g/mol. The molecule has 11 nitrogen and oxygen atoms in total. The van der Waals surface area contributed by atoms with E-state index in [1.165, 1.54) is 18.5 Å². The number of amides is 1. The van der Waals surface area contributed by atoms with E-state index >= 15 is 0 Å². The molecule has 0 spiro atoms. The van der Waals surface area contributed by atoms with Crippen molar-refractivity contribution in [1.82, 2.24) is 19.5 Å². The van der Waals surface area contributed by atoms with Crippen molar-refractivity contribution in [1.29, 1.82) is 0 Å². The van der Waals surface area contributed by atoms with Gasteiger partial charge in [0, 0.05) is 36.7 Å². The molecule has 5 rings (SSSR count). The molecular weight excluding hydrogens is 541 g/mol. The fourth-order valence-electron chi connectivity index (χ4n) is 5.52. The Morgan fingerprint density at radius 1 is 1.21 bits per heavy atom. The Kier molecular flexibility index (Phi) is 9.25. The molecule has 1 saturated heterocycles. The van der Waals surface area contributed by atoms with Gasteiger partial charge in [-0.15, -0.1) is 4.59 Å². The zero-order chi connectivity index (χ0) is 29.5. The second-order valence-corrected chi connectivity index (χ2v) is 10.6. The maximum Gasteiger partial charge on any atom is 0.276 e. The zero-order valence-electron chi connectivity index (χ0n) is 23.7. The van der Waals surface area contributed by atoms with Crippen molar-refractivity contribution >= 4 is 34.5 Å². The monoisotopic (exact) mass is 578 g/mol. The Hall–Kier alpha value is -4.13. The molecule has 222 valence electrons. The smallest absolute Gasteiger partial charge is 0.276 e. The molecule has 3 heterocycles. The van der Waals surface area contributed by atoms with Gasteiger partial charge in [-0.25, -0.2) is 14.4 Å². The lowest BCUT2D eigenvalue weighted by atomic mass is 9.94. The molecule has 42 heavy (non-hydrogen) atoms. The predicted octanol–water partition coefficient (Wildman–Crippen LogP) is 3.39. The molecule has 1 amide bonds. The number of carbonyl (C=O) groups excluding carboxylic acids is 1. The van der Waals surface area contributed by atoms with Crippen LogP contribution in [-0.2, 0) is 4.79 Å². The number of ether oxygens (including phenoxy) is 2. The minimum Gasteiger partial charge on any atom is -0.493 e. The lowest BCUT2D eigenvalue weighted by molar-refractivity contribution is -0.118. The Labute approximate surface area is 244 Å². The fourth-order valence-corrected chi connectivity index (χ4v) is 5.52. The lowest BCUT2D eigenvalue weighted by Crippen LogP contribution is -2.44. The van der Waals surface area contributed by atoms with Crippen molar-refractivity contribution in [3.05, 3.63) is 60.4 Å². The van der Waals surface area contributed by atoms with Gasteiger partial charge in [-0.3, -0.25) is 4.79 Å². The lowest BCUT2D eigenvalue weighted by Gasteiger charge is -2.31. The van der Waals surface area contributed by atoms with Gasteiger partial charge in [0.25, 0.3) is 5.91 Å². The second-order valence-electron chi connectivity index (χ2n) is 10.6. The summed E-state index contributed by atoms with van der Waals surface area (Å²) in [5.41, 5.74) is 7.20. The molecule has 1 aromatic heterocycles. The number of hydrogen-bond donors (Lipinski definition) is 3. The largest absolute Gasteiger partial charge is 0.493 e. The maximum absolute atomic E-state index is 14.0. The van der Waals surface area contributed by atoms with Crippen molar-refractivity contribution in [3.63, 3.8) is 0 Å². The maximum atomic E-state index is 14.0. The van der Waals surface area contributed by atoms with E-state index in [1.54, 1.807) is 31.7 Å². The fraction of sp³-hybridized carbons (Fsp3) is 0.400. The summed E-state index contributed by atoms with van der Waals surface area (Å²) in [5, 5.41) is 17.6. The van der Waals surface area contributed by atoms with Crippen LogP contribution in [0, 0.1) is 11.7 Å². The number of carbonyl (C=O) groups is 1. The van der Waals surface area contributed by atoms with Crippen molar-refractivity contribution in [2.24, 2.45) is 16.8 Å². The molecule has 12 heteroatoms. The Balaban J connectivity index is 1.28. The molecule has 2 aliphatic rings. The van der Waals surface area contributed by atoms with E-state index in [-0.39, 0.29) is 17.7 Å². The number of aliphatic hydroxyl groups is 1. The van der Waals surface area contributed by atoms with Crippen LogP contribution in [-0.4, -0.2) is 78.6 Å². The van der Waals surface area contributed by atoms with Crippen LogP contribution < -0.4 is 25.1 Å². The van der Waals surface area contributed by atoms with E-state index in [4.69, 9.17) is 20.3 Å². The highest BCUT2D eigenvalue weighted by molar-refractivity contribution is 5.96. The summed E-state index contributed by atoms with van der Waals surface area (Å²) in [6.07, 6.45) is 8.75. The van der Waals surface area contributed by atoms with Gasteiger partial charge in [0.05, 0.1) is 19.2 Å². The van der Waals surface area contributed by atoms with Crippen LogP contribution in [0.2, 0.25) is 0 Å². The highest BCUT2D eigenvalue weighted by Crippen LogP contribution is 2.35. The normalized spacial score (nSPS) is 19.2. The van der Waals surface area contributed by atoms with Crippen LogP contribution in [0.25, 0.3) is 10.9 Å². The molecule has 4 N–H and O–H groups in total. The molecule has 1 unspecified atom stereocenters. The summed E-state index contributed by atoms with van der Waals surface area (Å²) < 4.78 is 25.4. The number of nitrogens with one attached hydrogen (secondary N) is 1. The van der Waals surface area contributed by atoms with Gasteiger partial charge in [0.2, 0.25) is 0 Å². The molecule has 0 bridgehead atoms. The van der Waals surface area contributed by atoms with E-state index in [0.29, 0.717) is 52.1 Å². The number of likely N-dealkylation sites (tertiary alicyclic amines) is 1. The number of methoxy groups -OCH3 is 1. The summed E-state index contributed by atoms with van der Waals surface area (Å²) in [7, 11) is 1.59. The summed E-state index contributed by atoms with van der Waals surface area (Å²) >= 11 is 0. The first-order valence-corrected chi connectivity index (χ1v) is 14.2. The highest BCUT2D eigenvalue weighted by atomic mass is 19.1. The third kappa shape index (κ3) is 6.84. The van der Waals surface area contributed by atoms with Crippen LogP contribution >= 0.6 is 0 Å². The molecule has 0 radical (unpaired) electrons. The number of rotatable bonds is 13. The number of allylic oxidation sites excluding steroid dienone is 1. The standard InChI is InChI=1S/C30H36FN7O4/c1-41-27-15-25-26(16-28(27)42-13-3-9-37-10-6-21(7-11-37)8-12-39)33-20-34-30(25)36-23-17-35-38(18-23,19-29(32)40)24-5-2-4-22(31)14-24/h2,4-5,14-18,20-21,39H,3,6-13,19H2,1H3,(H2-,32,33,34,36,40)/p+1. The minimum absolute atomic E-state index is 0.174.